The minimum atomic E-state index is -0.0513. The second kappa shape index (κ2) is 11.1. The molecular formula is C44H40N6. The summed E-state index contributed by atoms with van der Waals surface area (Å²) in [6.07, 6.45) is 0. The Kier molecular flexibility index (Phi) is 6.99. The number of hydrogen-bond donors (Lipinski definition) is 0. The van der Waals surface area contributed by atoms with Crippen LogP contribution in [0, 0.1) is 25.2 Å². The highest BCUT2D eigenvalue weighted by molar-refractivity contribution is 6.12. The van der Waals surface area contributed by atoms with Gasteiger partial charge in [-0.15, -0.1) is 0 Å². The van der Waals surface area contributed by atoms with E-state index < -0.39 is 0 Å². The normalized spacial score (nSPS) is 12.4. The van der Waals surface area contributed by atoms with E-state index in [2.05, 4.69) is 153 Å². The van der Waals surface area contributed by atoms with Crippen LogP contribution >= 0.6 is 0 Å². The molecule has 5 aromatic carbocycles. The third-order valence-electron chi connectivity index (χ3n) is 9.90. The van der Waals surface area contributed by atoms with Gasteiger partial charge in [-0.05, 0) is 72.2 Å². The molecule has 0 saturated heterocycles. The van der Waals surface area contributed by atoms with Gasteiger partial charge in [-0.25, -0.2) is 15.0 Å². The molecule has 0 saturated carbocycles. The molecule has 3 heterocycles. The predicted octanol–water partition coefficient (Wildman–Crippen LogP) is 10.8. The fourth-order valence-electron chi connectivity index (χ4n) is 7.34. The quantitative estimate of drug-likeness (QED) is 0.190. The Morgan fingerprint density at radius 3 is 1.42 bits per heavy atom. The van der Waals surface area contributed by atoms with E-state index in [4.69, 9.17) is 9.97 Å². The molecule has 8 aromatic rings. The molecule has 0 amide bonds. The number of rotatable bonds is 3. The van der Waals surface area contributed by atoms with Crippen LogP contribution in [0.2, 0.25) is 0 Å². The number of nitriles is 1. The molecule has 0 unspecified atom stereocenters. The lowest BCUT2D eigenvalue weighted by Gasteiger charge is -2.22. The zero-order valence-corrected chi connectivity index (χ0v) is 29.9. The Labute approximate surface area is 292 Å². The van der Waals surface area contributed by atoms with Gasteiger partial charge in [0.2, 0.25) is 0 Å². The van der Waals surface area contributed by atoms with E-state index in [-0.39, 0.29) is 10.8 Å². The average molecular weight is 653 g/mol. The monoisotopic (exact) mass is 652 g/mol. The van der Waals surface area contributed by atoms with Crippen LogP contribution in [0.1, 0.15) is 69.9 Å². The molecular weight excluding hydrogens is 613 g/mol. The first kappa shape index (κ1) is 31.5. The Bertz CT molecular complexity index is 2680. The Morgan fingerprint density at radius 1 is 0.520 bits per heavy atom. The maximum absolute atomic E-state index is 10.8. The molecule has 0 N–H and O–H groups in total. The lowest BCUT2D eigenvalue weighted by atomic mass is 9.86. The highest BCUT2D eigenvalue weighted by Gasteiger charge is 2.25. The Balaban J connectivity index is 1.59. The average Bonchev–Trinajstić information content (AvgIpc) is 3.58. The van der Waals surface area contributed by atoms with Crippen molar-refractivity contribution in [1.29, 1.82) is 5.26 Å². The van der Waals surface area contributed by atoms with E-state index in [9.17, 15) is 5.26 Å². The van der Waals surface area contributed by atoms with Crippen LogP contribution in [-0.4, -0.2) is 24.1 Å². The van der Waals surface area contributed by atoms with Gasteiger partial charge in [0.1, 0.15) is 11.6 Å². The fraction of sp³-hybridized carbons (Fsp3) is 0.227. The molecule has 0 fully saturated rings. The van der Waals surface area contributed by atoms with Crippen LogP contribution in [0.4, 0.5) is 0 Å². The van der Waals surface area contributed by atoms with Gasteiger partial charge in [0.05, 0.1) is 45.1 Å². The molecule has 0 aliphatic heterocycles. The molecule has 0 spiro atoms. The van der Waals surface area contributed by atoms with Gasteiger partial charge >= 0.3 is 0 Å². The van der Waals surface area contributed by atoms with Gasteiger partial charge in [0.15, 0.2) is 5.82 Å². The summed E-state index contributed by atoms with van der Waals surface area (Å²) in [7, 11) is 0. The van der Waals surface area contributed by atoms with Crippen LogP contribution in [-0.2, 0) is 10.8 Å². The zero-order valence-electron chi connectivity index (χ0n) is 29.9. The summed E-state index contributed by atoms with van der Waals surface area (Å²) in [5.74, 6) is 1.73. The molecule has 246 valence electrons. The van der Waals surface area contributed by atoms with E-state index in [0.717, 1.165) is 38.8 Å². The summed E-state index contributed by atoms with van der Waals surface area (Å²) >= 11 is 0. The largest absolute Gasteiger partial charge is 0.307 e. The number of nitrogens with zero attached hydrogens (tertiary/aromatic N) is 6. The van der Waals surface area contributed by atoms with Crippen LogP contribution in [0.15, 0.2) is 97.1 Å². The van der Waals surface area contributed by atoms with Crippen LogP contribution in [0.25, 0.3) is 66.4 Å². The van der Waals surface area contributed by atoms with Gasteiger partial charge < -0.3 is 9.13 Å². The van der Waals surface area contributed by atoms with Gasteiger partial charge in [0, 0.05) is 27.1 Å². The van der Waals surface area contributed by atoms with E-state index in [1.54, 1.807) is 0 Å². The summed E-state index contributed by atoms with van der Waals surface area (Å²) in [5.41, 5.74) is 9.79. The second-order valence-corrected chi connectivity index (χ2v) is 15.4. The first-order chi connectivity index (χ1) is 23.8. The van der Waals surface area contributed by atoms with E-state index in [1.807, 2.05) is 19.9 Å². The van der Waals surface area contributed by atoms with Crippen molar-refractivity contribution in [3.8, 4) is 28.8 Å². The first-order valence-electron chi connectivity index (χ1n) is 17.2. The van der Waals surface area contributed by atoms with Gasteiger partial charge in [-0.2, -0.15) is 5.26 Å². The fourth-order valence-corrected chi connectivity index (χ4v) is 7.34. The topological polar surface area (TPSA) is 72.3 Å². The molecule has 0 atom stereocenters. The summed E-state index contributed by atoms with van der Waals surface area (Å²) in [6, 6.07) is 37.5. The number of aromatic nitrogens is 5. The zero-order chi connectivity index (χ0) is 35.1. The first-order valence-corrected chi connectivity index (χ1v) is 17.2. The van der Waals surface area contributed by atoms with E-state index in [1.165, 1.54) is 27.3 Å². The predicted molar refractivity (Wildman–Crippen MR) is 206 cm³/mol. The van der Waals surface area contributed by atoms with Gasteiger partial charge in [-0.1, -0.05) is 102 Å². The van der Waals surface area contributed by atoms with Crippen LogP contribution in [0.3, 0.4) is 0 Å². The molecule has 6 nitrogen and oxygen atoms in total. The maximum atomic E-state index is 10.8. The van der Waals surface area contributed by atoms with Crippen molar-refractivity contribution in [1.82, 2.24) is 24.1 Å². The van der Waals surface area contributed by atoms with Crippen molar-refractivity contribution in [2.45, 2.75) is 66.2 Å². The number of benzene rings is 5. The second-order valence-electron chi connectivity index (χ2n) is 15.4. The third-order valence-corrected chi connectivity index (χ3v) is 9.90. The highest BCUT2D eigenvalue weighted by atomic mass is 15.1. The van der Waals surface area contributed by atoms with E-state index in [0.29, 0.717) is 28.6 Å². The van der Waals surface area contributed by atoms with Crippen molar-refractivity contribution in [2.24, 2.45) is 0 Å². The number of fused-ring (bicyclic) bond motifs is 6. The molecule has 0 bridgehead atoms. The van der Waals surface area contributed by atoms with Gasteiger partial charge in [-0.3, -0.25) is 0 Å². The molecule has 0 radical (unpaired) electrons. The van der Waals surface area contributed by atoms with Crippen molar-refractivity contribution in [3.05, 3.63) is 125 Å². The minimum Gasteiger partial charge on any atom is -0.307 e. The standard InChI is InChI=1S/C44H40N6/c1-26-46-27(2)48-42(47-26)35-24-41(50-37-16-12-10-14-32(37)34-20-18-30(23-39(34)50)44(6,7)8)40(21-28(35)25-45)49-36-15-11-9-13-31(36)33-19-17-29(22-38(33)49)43(3,4)5/h9-24H,1-8H3. The Hall–Kier alpha value is -5.80. The van der Waals surface area contributed by atoms with Gasteiger partial charge in [0.25, 0.3) is 0 Å². The van der Waals surface area contributed by atoms with Crippen molar-refractivity contribution < 1.29 is 0 Å². The molecule has 0 aliphatic carbocycles. The lowest BCUT2D eigenvalue weighted by molar-refractivity contribution is 0.590. The molecule has 3 aromatic heterocycles. The molecule has 6 heteroatoms. The molecule has 50 heavy (non-hydrogen) atoms. The van der Waals surface area contributed by atoms with Crippen LogP contribution in [0.5, 0.6) is 0 Å². The smallest absolute Gasteiger partial charge is 0.164 e. The number of hydrogen-bond acceptors (Lipinski definition) is 4. The summed E-state index contributed by atoms with van der Waals surface area (Å²) in [4.78, 5) is 13.9. The number of para-hydroxylation sites is 2. The minimum absolute atomic E-state index is 0.0510. The highest BCUT2D eigenvalue weighted by Crippen LogP contribution is 2.42. The maximum Gasteiger partial charge on any atom is 0.164 e. The Morgan fingerprint density at radius 2 is 0.960 bits per heavy atom. The molecule has 0 aliphatic rings. The lowest BCUT2D eigenvalue weighted by Crippen LogP contribution is -2.12. The van der Waals surface area contributed by atoms with Crippen LogP contribution < -0.4 is 0 Å². The summed E-state index contributed by atoms with van der Waals surface area (Å²) in [6.45, 7) is 17.2. The van der Waals surface area contributed by atoms with Crippen molar-refractivity contribution in [3.63, 3.8) is 0 Å². The number of aryl methyl sites for hydroxylation is 2. The third kappa shape index (κ3) is 4.96. The molecule has 8 rings (SSSR count). The summed E-state index contributed by atoms with van der Waals surface area (Å²) < 4.78 is 4.72. The SMILES string of the molecule is Cc1nc(C)nc(-c2cc(-n3c4ccccc4c4ccc(C(C)(C)C)cc43)c(-n3c4ccccc4c4ccc(C(C)(C)C)cc43)cc2C#N)n1. The van der Waals surface area contributed by atoms with Crippen molar-refractivity contribution in [2.75, 3.05) is 0 Å². The van der Waals surface area contributed by atoms with E-state index >= 15 is 0 Å². The summed E-state index contributed by atoms with van der Waals surface area (Å²) in [5, 5.41) is 15.5. The van der Waals surface area contributed by atoms with Crippen molar-refractivity contribution >= 4 is 43.6 Å².